The molecule has 1 atom stereocenters. The highest BCUT2D eigenvalue weighted by molar-refractivity contribution is 7.99. The SMILES string of the molecule is O=C(CSc1nc2ccccc2o1)N1CCC(Oc2cc(C(F)(F)F)ccn2)C1. The van der Waals surface area contributed by atoms with E-state index in [-0.39, 0.29) is 17.5 Å². The van der Waals surface area contributed by atoms with Crippen LogP contribution in [0.1, 0.15) is 12.0 Å². The van der Waals surface area contributed by atoms with Gasteiger partial charge >= 0.3 is 6.18 Å². The van der Waals surface area contributed by atoms with Crippen LogP contribution in [0.15, 0.2) is 52.2 Å². The Labute approximate surface area is 168 Å². The van der Waals surface area contributed by atoms with Gasteiger partial charge < -0.3 is 14.1 Å². The molecule has 1 aliphatic rings. The van der Waals surface area contributed by atoms with Gasteiger partial charge in [-0.2, -0.15) is 13.2 Å². The Morgan fingerprint density at radius 3 is 2.93 bits per heavy atom. The highest BCUT2D eigenvalue weighted by atomic mass is 32.2. The maximum Gasteiger partial charge on any atom is 0.416 e. The van der Waals surface area contributed by atoms with Crippen LogP contribution in [0.5, 0.6) is 5.88 Å². The minimum absolute atomic E-state index is 0.0972. The number of oxazole rings is 1. The molecule has 3 heterocycles. The van der Waals surface area contributed by atoms with Crippen molar-refractivity contribution in [2.24, 2.45) is 0 Å². The Kier molecular flexibility index (Phi) is 5.35. The van der Waals surface area contributed by atoms with E-state index in [0.29, 0.717) is 30.3 Å². The van der Waals surface area contributed by atoms with Crippen LogP contribution in [0.4, 0.5) is 13.2 Å². The summed E-state index contributed by atoms with van der Waals surface area (Å²) >= 11 is 1.20. The number of nitrogens with zero attached hydrogens (tertiary/aromatic N) is 3. The molecule has 0 aliphatic carbocycles. The minimum Gasteiger partial charge on any atom is -0.472 e. The monoisotopic (exact) mass is 423 g/mol. The molecular formula is C19H16F3N3O3S. The number of benzene rings is 1. The second-order valence-electron chi connectivity index (χ2n) is 6.48. The van der Waals surface area contributed by atoms with Gasteiger partial charge in [0, 0.05) is 25.2 Å². The number of para-hydroxylation sites is 2. The summed E-state index contributed by atoms with van der Waals surface area (Å²) in [5.41, 5.74) is 0.569. The van der Waals surface area contributed by atoms with Crippen molar-refractivity contribution in [3.05, 3.63) is 48.2 Å². The van der Waals surface area contributed by atoms with E-state index in [9.17, 15) is 18.0 Å². The van der Waals surface area contributed by atoms with Gasteiger partial charge in [-0.05, 0) is 18.2 Å². The van der Waals surface area contributed by atoms with E-state index in [1.807, 2.05) is 18.2 Å². The zero-order valence-electron chi connectivity index (χ0n) is 15.1. The molecule has 4 rings (SSSR count). The number of pyridine rings is 1. The van der Waals surface area contributed by atoms with E-state index in [1.54, 1.807) is 11.0 Å². The molecule has 0 saturated carbocycles. The summed E-state index contributed by atoms with van der Waals surface area (Å²) in [5, 5.41) is 0.416. The van der Waals surface area contributed by atoms with Crippen molar-refractivity contribution in [3.63, 3.8) is 0 Å². The number of carbonyl (C=O) groups is 1. The zero-order chi connectivity index (χ0) is 20.4. The molecule has 1 unspecified atom stereocenters. The highest BCUT2D eigenvalue weighted by Gasteiger charge is 2.32. The van der Waals surface area contributed by atoms with Crippen LogP contribution in [0.2, 0.25) is 0 Å². The first-order chi connectivity index (χ1) is 13.9. The Morgan fingerprint density at radius 1 is 1.31 bits per heavy atom. The standard InChI is InChI=1S/C19H16F3N3O3S/c20-19(21,22)12-5-7-23-16(9-12)27-13-6-8-25(10-13)17(26)11-29-18-24-14-3-1-2-4-15(14)28-18/h1-5,7,9,13H,6,8,10-11H2. The molecule has 1 fully saturated rings. The van der Waals surface area contributed by atoms with E-state index in [2.05, 4.69) is 9.97 Å². The quantitative estimate of drug-likeness (QED) is 0.578. The lowest BCUT2D eigenvalue weighted by molar-refractivity contribution is -0.137. The summed E-state index contributed by atoms with van der Waals surface area (Å²) in [5.74, 6) is -0.0539. The van der Waals surface area contributed by atoms with Gasteiger partial charge in [-0.1, -0.05) is 23.9 Å². The third kappa shape index (κ3) is 4.64. The molecule has 1 aliphatic heterocycles. The van der Waals surface area contributed by atoms with E-state index in [1.165, 1.54) is 11.8 Å². The third-order valence-corrected chi connectivity index (χ3v) is 5.25. The maximum atomic E-state index is 12.8. The number of carbonyl (C=O) groups excluding carboxylic acids is 1. The fraction of sp³-hybridized carbons (Fsp3) is 0.316. The highest BCUT2D eigenvalue weighted by Crippen LogP contribution is 2.31. The number of hydrogen-bond donors (Lipinski definition) is 0. The van der Waals surface area contributed by atoms with Crippen LogP contribution in [0, 0.1) is 0 Å². The number of fused-ring (bicyclic) bond motifs is 1. The summed E-state index contributed by atoms with van der Waals surface area (Å²) in [4.78, 5) is 22.2. The molecule has 1 aromatic carbocycles. The van der Waals surface area contributed by atoms with Crippen molar-refractivity contribution in [2.75, 3.05) is 18.8 Å². The molecule has 0 spiro atoms. The van der Waals surface area contributed by atoms with Crippen molar-refractivity contribution in [1.29, 1.82) is 0 Å². The van der Waals surface area contributed by atoms with Crippen LogP contribution >= 0.6 is 11.8 Å². The second kappa shape index (κ2) is 7.94. The molecule has 0 bridgehead atoms. The van der Waals surface area contributed by atoms with Crippen LogP contribution < -0.4 is 4.74 Å². The summed E-state index contributed by atoms with van der Waals surface area (Å²) in [7, 11) is 0. The number of likely N-dealkylation sites (tertiary alicyclic amines) is 1. The minimum atomic E-state index is -4.46. The van der Waals surface area contributed by atoms with Gasteiger partial charge in [0.1, 0.15) is 11.6 Å². The lowest BCUT2D eigenvalue weighted by Crippen LogP contribution is -2.32. The van der Waals surface area contributed by atoms with Gasteiger partial charge in [-0.25, -0.2) is 9.97 Å². The average Bonchev–Trinajstić information content (AvgIpc) is 3.32. The van der Waals surface area contributed by atoms with Crippen LogP contribution in [-0.2, 0) is 11.0 Å². The third-order valence-electron chi connectivity index (χ3n) is 4.44. The molecule has 3 aromatic rings. The summed E-state index contributed by atoms with van der Waals surface area (Å²) < 4.78 is 49.5. The first-order valence-corrected chi connectivity index (χ1v) is 9.83. The van der Waals surface area contributed by atoms with Gasteiger partial charge in [0.05, 0.1) is 17.9 Å². The van der Waals surface area contributed by atoms with Crippen molar-refractivity contribution in [2.45, 2.75) is 23.9 Å². The first kappa shape index (κ1) is 19.6. The van der Waals surface area contributed by atoms with E-state index in [4.69, 9.17) is 9.15 Å². The van der Waals surface area contributed by atoms with Crippen LogP contribution in [-0.4, -0.2) is 45.7 Å². The average molecular weight is 423 g/mol. The number of aromatic nitrogens is 2. The molecule has 1 saturated heterocycles. The maximum absolute atomic E-state index is 12.8. The van der Waals surface area contributed by atoms with E-state index >= 15 is 0 Å². The lowest BCUT2D eigenvalue weighted by atomic mass is 10.2. The fourth-order valence-corrected chi connectivity index (χ4v) is 3.74. The van der Waals surface area contributed by atoms with Gasteiger partial charge in [-0.15, -0.1) is 0 Å². The summed E-state index contributed by atoms with van der Waals surface area (Å²) in [6.07, 6.45) is -3.27. The predicted molar refractivity (Wildman–Crippen MR) is 99.6 cm³/mol. The van der Waals surface area contributed by atoms with Gasteiger partial charge in [0.2, 0.25) is 11.8 Å². The lowest BCUT2D eigenvalue weighted by Gasteiger charge is -2.17. The Morgan fingerprint density at radius 2 is 2.14 bits per heavy atom. The van der Waals surface area contributed by atoms with Crippen molar-refractivity contribution >= 4 is 28.8 Å². The van der Waals surface area contributed by atoms with Crippen LogP contribution in [0.3, 0.4) is 0 Å². The molecule has 10 heteroatoms. The molecular weight excluding hydrogens is 407 g/mol. The summed E-state index contributed by atoms with van der Waals surface area (Å²) in [6.45, 7) is 0.765. The van der Waals surface area contributed by atoms with Crippen LogP contribution in [0.25, 0.3) is 11.1 Å². The molecule has 1 amide bonds. The van der Waals surface area contributed by atoms with E-state index in [0.717, 1.165) is 23.8 Å². The number of ether oxygens (including phenoxy) is 1. The Bertz CT molecular complexity index is 991. The second-order valence-corrected chi connectivity index (χ2v) is 7.41. The Hall–Kier alpha value is -2.75. The number of halogens is 3. The number of amides is 1. The van der Waals surface area contributed by atoms with Crippen molar-refractivity contribution in [3.8, 4) is 5.88 Å². The summed E-state index contributed by atoms with van der Waals surface area (Å²) in [6, 6.07) is 9.09. The number of hydrogen-bond acceptors (Lipinski definition) is 6. The zero-order valence-corrected chi connectivity index (χ0v) is 15.9. The van der Waals surface area contributed by atoms with Gasteiger partial charge in [0.15, 0.2) is 5.58 Å². The van der Waals surface area contributed by atoms with Crippen molar-refractivity contribution in [1.82, 2.24) is 14.9 Å². The molecule has 29 heavy (non-hydrogen) atoms. The smallest absolute Gasteiger partial charge is 0.416 e. The molecule has 2 aromatic heterocycles. The molecule has 152 valence electrons. The molecule has 0 N–H and O–H groups in total. The van der Waals surface area contributed by atoms with Gasteiger partial charge in [-0.3, -0.25) is 4.79 Å². The fourth-order valence-electron chi connectivity index (χ4n) is 3.00. The normalized spacial score (nSPS) is 17.1. The number of thioether (sulfide) groups is 1. The van der Waals surface area contributed by atoms with E-state index < -0.39 is 17.8 Å². The largest absolute Gasteiger partial charge is 0.472 e. The van der Waals surface area contributed by atoms with Crippen molar-refractivity contribution < 1.29 is 27.1 Å². The topological polar surface area (TPSA) is 68.5 Å². The van der Waals surface area contributed by atoms with Gasteiger partial charge in [0.25, 0.3) is 5.22 Å². The predicted octanol–water partition coefficient (Wildman–Crippen LogP) is 4.01. The number of rotatable bonds is 5. The molecule has 6 nitrogen and oxygen atoms in total. The molecule has 0 radical (unpaired) electrons. The Balaban J connectivity index is 1.30. The number of alkyl halides is 3. The first-order valence-electron chi connectivity index (χ1n) is 8.84.